The average Bonchev–Trinajstić information content (AvgIpc) is 2.63. The predicted octanol–water partition coefficient (Wildman–Crippen LogP) is 3.70. The molecule has 25 heavy (non-hydrogen) atoms. The van der Waals surface area contributed by atoms with Gasteiger partial charge in [-0.15, -0.1) is 24.0 Å². The Kier molecular flexibility index (Phi) is 11.0. The molecule has 1 saturated heterocycles. The van der Waals surface area contributed by atoms with Crippen LogP contribution in [0.4, 0.5) is 4.39 Å². The summed E-state index contributed by atoms with van der Waals surface area (Å²) in [6.45, 7) is 9.41. The van der Waals surface area contributed by atoms with Crippen molar-refractivity contribution in [2.75, 3.05) is 45.9 Å². The van der Waals surface area contributed by atoms with Gasteiger partial charge in [-0.1, -0.05) is 37.3 Å². The van der Waals surface area contributed by atoms with Crippen LogP contribution in [0, 0.1) is 0 Å². The molecule has 0 aliphatic carbocycles. The van der Waals surface area contributed by atoms with Gasteiger partial charge < -0.3 is 10.2 Å². The molecular weight excluding hydrogens is 430 g/mol. The molecule has 0 bridgehead atoms. The molecule has 1 aliphatic heterocycles. The highest BCUT2D eigenvalue weighted by molar-refractivity contribution is 14.0. The molecule has 0 aromatic heterocycles. The predicted molar refractivity (Wildman–Crippen MR) is 115 cm³/mol. The lowest BCUT2D eigenvalue weighted by atomic mass is 10.0. The highest BCUT2D eigenvalue weighted by Crippen LogP contribution is 2.25. The second-order valence-corrected chi connectivity index (χ2v) is 6.14. The smallest absolute Gasteiger partial charge is 0.194 e. The Balaban J connectivity index is 0.00000312. The first-order valence-corrected chi connectivity index (χ1v) is 9.18. The fourth-order valence-electron chi connectivity index (χ4n) is 3.30. The zero-order chi connectivity index (χ0) is 17.2. The summed E-state index contributed by atoms with van der Waals surface area (Å²) in [6, 6.07) is 11.3. The van der Waals surface area contributed by atoms with Crippen LogP contribution in [-0.2, 0) is 0 Å². The van der Waals surface area contributed by atoms with E-state index in [0.29, 0.717) is 19.0 Å². The summed E-state index contributed by atoms with van der Waals surface area (Å²) in [7, 11) is 0. The Bertz CT molecular complexity index is 489. The molecular formula is C19H32FIN4. The van der Waals surface area contributed by atoms with Crippen molar-refractivity contribution >= 4 is 29.9 Å². The van der Waals surface area contributed by atoms with Crippen LogP contribution in [0.1, 0.15) is 38.3 Å². The van der Waals surface area contributed by atoms with Gasteiger partial charge in [0.1, 0.15) is 0 Å². The number of piperazine rings is 1. The zero-order valence-corrected chi connectivity index (χ0v) is 17.8. The normalized spacial score (nSPS) is 17.1. The molecule has 0 spiro atoms. The van der Waals surface area contributed by atoms with Crippen molar-refractivity contribution in [3.63, 3.8) is 0 Å². The molecule has 1 unspecified atom stereocenters. The minimum absolute atomic E-state index is 0. The van der Waals surface area contributed by atoms with Gasteiger partial charge in [0.15, 0.2) is 5.96 Å². The van der Waals surface area contributed by atoms with Gasteiger partial charge in [0.25, 0.3) is 0 Å². The number of alkyl halides is 1. The molecule has 0 saturated carbocycles. The number of hydrogen-bond acceptors (Lipinski definition) is 2. The third-order valence-corrected chi connectivity index (χ3v) is 4.51. The summed E-state index contributed by atoms with van der Waals surface area (Å²) >= 11 is 0. The maximum Gasteiger partial charge on any atom is 0.194 e. The fraction of sp³-hybridized carbons (Fsp3) is 0.632. The van der Waals surface area contributed by atoms with Crippen molar-refractivity contribution in [3.8, 4) is 0 Å². The molecule has 142 valence electrons. The zero-order valence-electron chi connectivity index (χ0n) is 15.5. The lowest BCUT2D eigenvalue weighted by molar-refractivity contribution is 0.127. The third kappa shape index (κ3) is 6.73. The molecule has 1 aromatic rings. The van der Waals surface area contributed by atoms with Gasteiger partial charge in [0, 0.05) is 45.3 Å². The van der Waals surface area contributed by atoms with Crippen LogP contribution in [0.15, 0.2) is 35.3 Å². The number of nitrogens with zero attached hydrogens (tertiary/aromatic N) is 3. The van der Waals surface area contributed by atoms with Crippen LogP contribution >= 0.6 is 24.0 Å². The molecule has 2 rings (SSSR count). The highest BCUT2D eigenvalue weighted by atomic mass is 127. The first-order chi connectivity index (χ1) is 11.8. The van der Waals surface area contributed by atoms with Crippen molar-refractivity contribution in [1.29, 1.82) is 0 Å². The summed E-state index contributed by atoms with van der Waals surface area (Å²) < 4.78 is 12.3. The minimum Gasteiger partial charge on any atom is -0.357 e. The van der Waals surface area contributed by atoms with Crippen LogP contribution in [0.2, 0.25) is 0 Å². The lowest BCUT2D eigenvalue weighted by Gasteiger charge is -2.40. The summed E-state index contributed by atoms with van der Waals surface area (Å²) in [5.41, 5.74) is 1.40. The first kappa shape index (κ1) is 22.2. The van der Waals surface area contributed by atoms with Crippen LogP contribution in [-0.4, -0.2) is 61.7 Å². The van der Waals surface area contributed by atoms with Crippen LogP contribution < -0.4 is 5.32 Å². The maximum absolute atomic E-state index is 12.3. The molecule has 1 aromatic carbocycles. The highest BCUT2D eigenvalue weighted by Gasteiger charge is 2.25. The number of guanidine groups is 1. The number of benzene rings is 1. The van der Waals surface area contributed by atoms with Gasteiger partial charge in [0.05, 0.1) is 6.67 Å². The molecule has 4 nitrogen and oxygen atoms in total. The largest absolute Gasteiger partial charge is 0.357 e. The summed E-state index contributed by atoms with van der Waals surface area (Å²) in [5, 5.41) is 3.34. The third-order valence-electron chi connectivity index (χ3n) is 4.51. The van der Waals surface area contributed by atoms with Crippen LogP contribution in [0.5, 0.6) is 0 Å². The Hall–Kier alpha value is -0.890. The van der Waals surface area contributed by atoms with E-state index in [0.717, 1.165) is 45.1 Å². The van der Waals surface area contributed by atoms with Crippen molar-refractivity contribution < 1.29 is 4.39 Å². The second-order valence-electron chi connectivity index (χ2n) is 6.14. The molecule has 1 atom stereocenters. The molecule has 0 radical (unpaired) electrons. The molecule has 1 aliphatic rings. The van der Waals surface area contributed by atoms with E-state index >= 15 is 0 Å². The SMILES string of the molecule is CCNC(=NCCCF)N1CCN(C(CC)c2ccccc2)CC1.I. The van der Waals surface area contributed by atoms with E-state index in [9.17, 15) is 4.39 Å². The van der Waals surface area contributed by atoms with Gasteiger partial charge in [-0.2, -0.15) is 0 Å². The number of nitrogens with one attached hydrogen (secondary N) is 1. The van der Waals surface area contributed by atoms with E-state index < -0.39 is 0 Å². The van der Waals surface area contributed by atoms with Gasteiger partial charge in [0.2, 0.25) is 0 Å². The average molecular weight is 462 g/mol. The summed E-state index contributed by atoms with van der Waals surface area (Å²) in [4.78, 5) is 9.42. The van der Waals surface area contributed by atoms with Crippen molar-refractivity contribution in [1.82, 2.24) is 15.1 Å². The van der Waals surface area contributed by atoms with Gasteiger partial charge >= 0.3 is 0 Å². The quantitative estimate of drug-likeness (QED) is 0.290. The topological polar surface area (TPSA) is 30.9 Å². The first-order valence-electron chi connectivity index (χ1n) is 9.18. The van der Waals surface area contributed by atoms with Gasteiger partial charge in [-0.05, 0) is 25.3 Å². The van der Waals surface area contributed by atoms with E-state index in [1.54, 1.807) is 0 Å². The minimum atomic E-state index is -0.300. The molecule has 1 fully saturated rings. The molecule has 1 N–H and O–H groups in total. The number of rotatable bonds is 7. The standard InChI is InChI=1S/C19H31FN4.HI/c1-3-18(17-9-6-5-7-10-17)23-13-15-24(16-14-23)19(21-4-2)22-12-8-11-20;/h5-7,9-10,18H,3-4,8,11-16H2,1-2H3,(H,21,22);1H. The van der Waals surface area contributed by atoms with E-state index in [2.05, 4.69) is 64.3 Å². The van der Waals surface area contributed by atoms with E-state index in [1.807, 2.05) is 0 Å². The summed E-state index contributed by atoms with van der Waals surface area (Å²) in [5.74, 6) is 0.929. The number of hydrogen-bond donors (Lipinski definition) is 1. The number of halogens is 2. The second kappa shape index (κ2) is 12.5. The van der Waals surface area contributed by atoms with Crippen molar-refractivity contribution in [2.24, 2.45) is 4.99 Å². The van der Waals surface area contributed by atoms with Gasteiger partial charge in [-0.25, -0.2) is 0 Å². The van der Waals surface area contributed by atoms with Gasteiger partial charge in [-0.3, -0.25) is 14.3 Å². The van der Waals surface area contributed by atoms with Crippen molar-refractivity contribution in [3.05, 3.63) is 35.9 Å². The maximum atomic E-state index is 12.3. The fourth-order valence-corrected chi connectivity index (χ4v) is 3.30. The lowest BCUT2D eigenvalue weighted by Crippen LogP contribution is -2.53. The Labute approximate surface area is 168 Å². The molecule has 1 heterocycles. The van der Waals surface area contributed by atoms with E-state index in [-0.39, 0.29) is 30.7 Å². The monoisotopic (exact) mass is 462 g/mol. The van der Waals surface area contributed by atoms with Crippen LogP contribution in [0.3, 0.4) is 0 Å². The Morgan fingerprint density at radius 1 is 1.16 bits per heavy atom. The Morgan fingerprint density at radius 2 is 1.84 bits per heavy atom. The molecule has 0 amide bonds. The van der Waals surface area contributed by atoms with Crippen molar-refractivity contribution in [2.45, 2.75) is 32.7 Å². The summed E-state index contributed by atoms with van der Waals surface area (Å²) in [6.07, 6.45) is 1.62. The molecule has 6 heteroatoms. The van der Waals surface area contributed by atoms with E-state index in [4.69, 9.17) is 0 Å². The van der Waals surface area contributed by atoms with E-state index in [1.165, 1.54) is 5.56 Å². The van der Waals surface area contributed by atoms with Crippen LogP contribution in [0.25, 0.3) is 0 Å². The number of aliphatic imine (C=N–C) groups is 1. The Morgan fingerprint density at radius 3 is 2.40 bits per heavy atom.